The lowest BCUT2D eigenvalue weighted by molar-refractivity contribution is -0.143. The SMILES string of the molecule is CCCNC(CN1CCC(C(C)C)C1)C(=O)OC. The van der Waals surface area contributed by atoms with E-state index >= 15 is 0 Å². The molecule has 0 spiro atoms. The Hall–Kier alpha value is -0.610. The van der Waals surface area contributed by atoms with Crippen LogP contribution in [0.2, 0.25) is 0 Å². The van der Waals surface area contributed by atoms with Crippen LogP contribution in [0.4, 0.5) is 0 Å². The minimum absolute atomic E-state index is 0.142. The molecule has 4 nitrogen and oxygen atoms in total. The van der Waals surface area contributed by atoms with Crippen LogP contribution in [-0.2, 0) is 9.53 Å². The van der Waals surface area contributed by atoms with Gasteiger partial charge in [-0.25, -0.2) is 0 Å². The van der Waals surface area contributed by atoms with Crippen molar-refractivity contribution in [3.63, 3.8) is 0 Å². The summed E-state index contributed by atoms with van der Waals surface area (Å²) in [5.74, 6) is 1.36. The van der Waals surface area contributed by atoms with Crippen molar-refractivity contribution in [2.45, 2.75) is 39.7 Å². The Labute approximate surface area is 111 Å². The van der Waals surface area contributed by atoms with Crippen LogP contribution in [0.25, 0.3) is 0 Å². The number of ether oxygens (including phenoxy) is 1. The van der Waals surface area contributed by atoms with Crippen molar-refractivity contribution < 1.29 is 9.53 Å². The van der Waals surface area contributed by atoms with Crippen LogP contribution >= 0.6 is 0 Å². The van der Waals surface area contributed by atoms with E-state index in [4.69, 9.17) is 4.74 Å². The highest BCUT2D eigenvalue weighted by Crippen LogP contribution is 2.23. The monoisotopic (exact) mass is 256 g/mol. The van der Waals surface area contributed by atoms with Crippen LogP contribution in [0.3, 0.4) is 0 Å². The summed E-state index contributed by atoms with van der Waals surface area (Å²) in [6, 6.07) is -0.180. The molecule has 1 saturated heterocycles. The lowest BCUT2D eigenvalue weighted by Crippen LogP contribution is -2.46. The van der Waals surface area contributed by atoms with Gasteiger partial charge in [-0.1, -0.05) is 20.8 Å². The largest absolute Gasteiger partial charge is 0.468 e. The van der Waals surface area contributed by atoms with E-state index in [0.717, 1.165) is 44.4 Å². The summed E-state index contributed by atoms with van der Waals surface area (Å²) in [6.45, 7) is 10.5. The van der Waals surface area contributed by atoms with Gasteiger partial charge in [-0.05, 0) is 37.8 Å². The molecule has 1 N–H and O–H groups in total. The summed E-state index contributed by atoms with van der Waals surface area (Å²) >= 11 is 0. The number of carbonyl (C=O) groups is 1. The van der Waals surface area contributed by atoms with Crippen LogP contribution in [0.1, 0.15) is 33.6 Å². The van der Waals surface area contributed by atoms with Gasteiger partial charge in [0.15, 0.2) is 0 Å². The van der Waals surface area contributed by atoms with Gasteiger partial charge in [0.2, 0.25) is 0 Å². The maximum absolute atomic E-state index is 11.7. The number of carbonyl (C=O) groups excluding carboxylic acids is 1. The number of hydrogen-bond acceptors (Lipinski definition) is 4. The normalized spacial score (nSPS) is 22.4. The fraction of sp³-hybridized carbons (Fsp3) is 0.929. The lowest BCUT2D eigenvalue weighted by atomic mass is 9.95. The summed E-state index contributed by atoms with van der Waals surface area (Å²) < 4.78 is 4.87. The van der Waals surface area contributed by atoms with E-state index in [2.05, 4.69) is 31.0 Å². The Morgan fingerprint density at radius 1 is 1.50 bits per heavy atom. The van der Waals surface area contributed by atoms with E-state index < -0.39 is 0 Å². The van der Waals surface area contributed by atoms with Gasteiger partial charge in [0.25, 0.3) is 0 Å². The molecule has 106 valence electrons. The molecule has 0 aliphatic carbocycles. The van der Waals surface area contributed by atoms with E-state index in [0.29, 0.717) is 0 Å². The molecule has 0 radical (unpaired) electrons. The minimum Gasteiger partial charge on any atom is -0.468 e. The van der Waals surface area contributed by atoms with Crippen molar-refractivity contribution in [3.05, 3.63) is 0 Å². The fourth-order valence-corrected chi connectivity index (χ4v) is 2.51. The van der Waals surface area contributed by atoms with Gasteiger partial charge in [-0.2, -0.15) is 0 Å². The van der Waals surface area contributed by atoms with Gasteiger partial charge >= 0.3 is 5.97 Å². The molecule has 1 fully saturated rings. The average molecular weight is 256 g/mol. The first-order valence-corrected chi connectivity index (χ1v) is 7.12. The summed E-state index contributed by atoms with van der Waals surface area (Å²) in [5, 5.41) is 3.27. The Morgan fingerprint density at radius 3 is 2.72 bits per heavy atom. The van der Waals surface area contributed by atoms with Crippen LogP contribution in [0.15, 0.2) is 0 Å². The zero-order valence-electron chi connectivity index (χ0n) is 12.2. The Kier molecular flexibility index (Phi) is 6.65. The molecule has 1 aliphatic rings. The molecule has 1 aliphatic heterocycles. The zero-order chi connectivity index (χ0) is 13.5. The maximum Gasteiger partial charge on any atom is 0.324 e. The van der Waals surface area contributed by atoms with Crippen molar-refractivity contribution in [1.82, 2.24) is 10.2 Å². The van der Waals surface area contributed by atoms with Gasteiger partial charge in [-0.3, -0.25) is 4.79 Å². The first-order chi connectivity index (χ1) is 8.58. The Bertz CT molecular complexity index is 256. The smallest absolute Gasteiger partial charge is 0.324 e. The lowest BCUT2D eigenvalue weighted by Gasteiger charge is -2.23. The highest BCUT2D eigenvalue weighted by molar-refractivity contribution is 5.75. The molecule has 1 rings (SSSR count). The summed E-state index contributed by atoms with van der Waals surface area (Å²) in [5.41, 5.74) is 0. The number of nitrogens with one attached hydrogen (secondary N) is 1. The van der Waals surface area contributed by atoms with E-state index in [9.17, 15) is 4.79 Å². The molecular weight excluding hydrogens is 228 g/mol. The number of nitrogens with zero attached hydrogens (tertiary/aromatic N) is 1. The van der Waals surface area contributed by atoms with Crippen molar-refractivity contribution in [2.24, 2.45) is 11.8 Å². The second-order valence-electron chi connectivity index (χ2n) is 5.58. The first-order valence-electron chi connectivity index (χ1n) is 7.12. The number of rotatable bonds is 7. The highest BCUT2D eigenvalue weighted by Gasteiger charge is 2.28. The summed E-state index contributed by atoms with van der Waals surface area (Å²) in [4.78, 5) is 14.1. The first kappa shape index (κ1) is 15.4. The van der Waals surface area contributed by atoms with Crippen molar-refractivity contribution in [3.8, 4) is 0 Å². The molecule has 0 amide bonds. The predicted molar refractivity (Wildman–Crippen MR) is 73.5 cm³/mol. The van der Waals surface area contributed by atoms with E-state index in [1.54, 1.807) is 0 Å². The van der Waals surface area contributed by atoms with Crippen molar-refractivity contribution >= 4 is 5.97 Å². The number of hydrogen-bond donors (Lipinski definition) is 1. The Morgan fingerprint density at radius 2 is 2.22 bits per heavy atom. The van der Waals surface area contributed by atoms with Gasteiger partial charge in [-0.15, -0.1) is 0 Å². The topological polar surface area (TPSA) is 41.6 Å². The number of esters is 1. The third kappa shape index (κ3) is 4.58. The van der Waals surface area contributed by atoms with Crippen LogP contribution in [-0.4, -0.2) is 50.2 Å². The van der Waals surface area contributed by atoms with Crippen LogP contribution < -0.4 is 5.32 Å². The second kappa shape index (κ2) is 7.74. The van der Waals surface area contributed by atoms with Gasteiger partial charge in [0.1, 0.15) is 6.04 Å². The molecule has 0 aromatic rings. The second-order valence-corrected chi connectivity index (χ2v) is 5.58. The van der Waals surface area contributed by atoms with Crippen molar-refractivity contribution in [1.29, 1.82) is 0 Å². The summed E-state index contributed by atoms with van der Waals surface area (Å²) in [7, 11) is 1.46. The molecule has 4 heteroatoms. The van der Waals surface area contributed by atoms with Gasteiger partial charge in [0.05, 0.1) is 7.11 Å². The molecule has 2 unspecified atom stereocenters. The van der Waals surface area contributed by atoms with Crippen LogP contribution in [0, 0.1) is 11.8 Å². The molecule has 1 heterocycles. The standard InChI is InChI=1S/C14H28N2O2/c1-5-7-15-13(14(17)18-4)10-16-8-6-12(9-16)11(2)3/h11-13,15H,5-10H2,1-4H3. The maximum atomic E-state index is 11.7. The van der Waals surface area contributed by atoms with Crippen LogP contribution in [0.5, 0.6) is 0 Å². The fourth-order valence-electron chi connectivity index (χ4n) is 2.51. The van der Waals surface area contributed by atoms with Gasteiger partial charge in [0, 0.05) is 13.1 Å². The van der Waals surface area contributed by atoms with E-state index in [1.807, 2.05) is 0 Å². The molecule has 0 bridgehead atoms. The molecule has 2 atom stereocenters. The molecule has 0 saturated carbocycles. The van der Waals surface area contributed by atoms with Gasteiger partial charge < -0.3 is 15.0 Å². The summed E-state index contributed by atoms with van der Waals surface area (Å²) in [6.07, 6.45) is 2.28. The molecule has 0 aromatic carbocycles. The third-order valence-electron chi connectivity index (χ3n) is 3.82. The van der Waals surface area contributed by atoms with Crippen molar-refractivity contribution in [2.75, 3.05) is 33.3 Å². The van der Waals surface area contributed by atoms with E-state index in [-0.39, 0.29) is 12.0 Å². The molecular formula is C14H28N2O2. The number of methoxy groups -OCH3 is 1. The Balaban J connectivity index is 2.43. The minimum atomic E-state index is -0.180. The third-order valence-corrected chi connectivity index (χ3v) is 3.82. The average Bonchev–Trinajstić information content (AvgIpc) is 2.82. The molecule has 0 aromatic heterocycles. The zero-order valence-corrected chi connectivity index (χ0v) is 12.2. The molecule has 18 heavy (non-hydrogen) atoms. The predicted octanol–water partition coefficient (Wildman–Crippen LogP) is 1.51. The van der Waals surface area contributed by atoms with E-state index in [1.165, 1.54) is 13.5 Å². The highest BCUT2D eigenvalue weighted by atomic mass is 16.5. The quantitative estimate of drug-likeness (QED) is 0.701. The number of likely N-dealkylation sites (tertiary alicyclic amines) is 1.